The Bertz CT molecular complexity index is 882. The van der Waals surface area contributed by atoms with E-state index in [-0.39, 0.29) is 12.5 Å². The monoisotopic (exact) mass is 352 g/mol. The van der Waals surface area contributed by atoms with E-state index in [1.165, 1.54) is 6.33 Å². The maximum Gasteiger partial charge on any atom is 0.260 e. The number of rotatable bonds is 4. The lowest BCUT2D eigenvalue weighted by atomic mass is 10.3. The lowest BCUT2D eigenvalue weighted by Crippen LogP contribution is -2.38. The molecular formula is C18H20N6O2. The molecule has 1 amide bonds. The molecule has 3 aromatic rings. The lowest BCUT2D eigenvalue weighted by Gasteiger charge is -2.23. The fourth-order valence-electron chi connectivity index (χ4n) is 3.12. The molecule has 4 rings (SSSR count). The van der Waals surface area contributed by atoms with Gasteiger partial charge in [-0.3, -0.25) is 4.79 Å². The molecule has 0 unspecified atom stereocenters. The Kier molecular flexibility index (Phi) is 4.63. The summed E-state index contributed by atoms with van der Waals surface area (Å²) in [7, 11) is 0. The van der Waals surface area contributed by atoms with Gasteiger partial charge in [0.25, 0.3) is 5.91 Å². The number of nitrogens with zero attached hydrogens (tertiary/aromatic N) is 5. The van der Waals surface area contributed by atoms with Crippen molar-refractivity contribution in [3.05, 3.63) is 43.0 Å². The van der Waals surface area contributed by atoms with Crippen molar-refractivity contribution in [1.82, 2.24) is 24.8 Å². The summed E-state index contributed by atoms with van der Waals surface area (Å²) in [5.41, 5.74) is 1.49. The van der Waals surface area contributed by atoms with Crippen LogP contribution in [0.25, 0.3) is 11.2 Å². The van der Waals surface area contributed by atoms with Crippen LogP contribution in [0, 0.1) is 0 Å². The SMILES string of the molecule is O=C(COc1ccccc1)N1CCCN(c2ncnc3nc[nH]c23)CC1. The largest absolute Gasteiger partial charge is 0.484 e. The zero-order valence-corrected chi connectivity index (χ0v) is 14.3. The van der Waals surface area contributed by atoms with E-state index in [0.717, 1.165) is 24.3 Å². The molecule has 134 valence electrons. The minimum Gasteiger partial charge on any atom is -0.484 e. The second kappa shape index (κ2) is 7.38. The average Bonchev–Trinajstić information content (AvgIpc) is 3.03. The summed E-state index contributed by atoms with van der Waals surface area (Å²) in [4.78, 5) is 32.3. The van der Waals surface area contributed by atoms with E-state index >= 15 is 0 Å². The summed E-state index contributed by atoms with van der Waals surface area (Å²) in [5.74, 6) is 1.55. The van der Waals surface area contributed by atoms with Crippen LogP contribution in [0.1, 0.15) is 6.42 Å². The average molecular weight is 352 g/mol. The second-order valence-electron chi connectivity index (χ2n) is 6.12. The minimum atomic E-state index is 0.00470. The number of hydrogen-bond acceptors (Lipinski definition) is 6. The van der Waals surface area contributed by atoms with Crippen molar-refractivity contribution in [2.75, 3.05) is 37.7 Å². The first kappa shape index (κ1) is 16.3. The first-order chi connectivity index (χ1) is 12.8. The number of benzene rings is 1. The number of carbonyl (C=O) groups is 1. The van der Waals surface area contributed by atoms with Crippen LogP contribution in [0.5, 0.6) is 5.75 Å². The van der Waals surface area contributed by atoms with E-state index < -0.39 is 0 Å². The summed E-state index contributed by atoms with van der Waals surface area (Å²) >= 11 is 0. The summed E-state index contributed by atoms with van der Waals surface area (Å²) in [6.45, 7) is 2.94. The van der Waals surface area contributed by atoms with Crippen LogP contribution >= 0.6 is 0 Å². The third kappa shape index (κ3) is 3.44. The van der Waals surface area contributed by atoms with Gasteiger partial charge in [-0.25, -0.2) is 15.0 Å². The van der Waals surface area contributed by atoms with Crippen LogP contribution in [0.2, 0.25) is 0 Å². The van der Waals surface area contributed by atoms with Gasteiger partial charge < -0.3 is 19.5 Å². The number of imidazole rings is 1. The van der Waals surface area contributed by atoms with Gasteiger partial charge in [0.2, 0.25) is 0 Å². The van der Waals surface area contributed by atoms with Gasteiger partial charge in [0.1, 0.15) is 17.6 Å². The third-order valence-corrected chi connectivity index (χ3v) is 4.46. The summed E-state index contributed by atoms with van der Waals surface area (Å²) in [6, 6.07) is 9.40. The van der Waals surface area contributed by atoms with Gasteiger partial charge in [0, 0.05) is 26.2 Å². The van der Waals surface area contributed by atoms with E-state index in [0.29, 0.717) is 31.0 Å². The van der Waals surface area contributed by atoms with E-state index in [2.05, 4.69) is 24.8 Å². The number of fused-ring (bicyclic) bond motifs is 1. The van der Waals surface area contributed by atoms with Gasteiger partial charge in [-0.1, -0.05) is 18.2 Å². The van der Waals surface area contributed by atoms with Crippen molar-refractivity contribution in [3.8, 4) is 5.75 Å². The van der Waals surface area contributed by atoms with Gasteiger partial charge in [-0.05, 0) is 18.6 Å². The maximum absolute atomic E-state index is 12.5. The highest BCUT2D eigenvalue weighted by molar-refractivity contribution is 5.83. The van der Waals surface area contributed by atoms with E-state index in [4.69, 9.17) is 4.74 Å². The van der Waals surface area contributed by atoms with Gasteiger partial charge in [-0.2, -0.15) is 0 Å². The molecule has 2 aromatic heterocycles. The van der Waals surface area contributed by atoms with Crippen molar-refractivity contribution in [1.29, 1.82) is 0 Å². The molecule has 3 heterocycles. The quantitative estimate of drug-likeness (QED) is 0.765. The van der Waals surface area contributed by atoms with Crippen LogP contribution in [0.3, 0.4) is 0 Å². The molecule has 26 heavy (non-hydrogen) atoms. The topological polar surface area (TPSA) is 87.2 Å². The summed E-state index contributed by atoms with van der Waals surface area (Å²) in [6.07, 6.45) is 4.02. The lowest BCUT2D eigenvalue weighted by molar-refractivity contribution is -0.133. The molecule has 0 atom stereocenters. The molecule has 1 aliphatic heterocycles. The van der Waals surface area contributed by atoms with Gasteiger partial charge >= 0.3 is 0 Å². The normalized spacial score (nSPS) is 15.1. The standard InChI is InChI=1S/C18H20N6O2/c25-15(11-26-14-5-2-1-3-6-14)23-7-4-8-24(10-9-23)18-16-17(20-12-19-16)21-13-22-18/h1-3,5-6,12-13H,4,7-11H2,(H,19,20,21,22). The highest BCUT2D eigenvalue weighted by Crippen LogP contribution is 2.21. The number of aromatic nitrogens is 4. The summed E-state index contributed by atoms with van der Waals surface area (Å²) in [5, 5.41) is 0. The Labute approximate surface area is 150 Å². The number of H-pyrrole nitrogens is 1. The van der Waals surface area contributed by atoms with Crippen LogP contribution in [0.15, 0.2) is 43.0 Å². The van der Waals surface area contributed by atoms with E-state index in [1.807, 2.05) is 35.2 Å². The Morgan fingerprint density at radius 1 is 1.08 bits per heavy atom. The van der Waals surface area contributed by atoms with Crippen molar-refractivity contribution >= 4 is 22.9 Å². The van der Waals surface area contributed by atoms with Crippen LogP contribution in [-0.4, -0.2) is 63.5 Å². The number of anilines is 1. The van der Waals surface area contributed by atoms with Gasteiger partial charge in [0.15, 0.2) is 18.1 Å². The first-order valence-electron chi connectivity index (χ1n) is 8.66. The summed E-state index contributed by atoms with van der Waals surface area (Å²) < 4.78 is 5.58. The van der Waals surface area contributed by atoms with Crippen molar-refractivity contribution < 1.29 is 9.53 Å². The first-order valence-corrected chi connectivity index (χ1v) is 8.66. The fourth-order valence-corrected chi connectivity index (χ4v) is 3.12. The van der Waals surface area contributed by atoms with Crippen molar-refractivity contribution in [2.24, 2.45) is 0 Å². The molecule has 1 N–H and O–H groups in total. The molecule has 1 fully saturated rings. The Hall–Kier alpha value is -3.16. The van der Waals surface area contributed by atoms with Gasteiger partial charge in [0.05, 0.1) is 6.33 Å². The molecule has 0 aliphatic carbocycles. The van der Waals surface area contributed by atoms with Crippen LogP contribution in [-0.2, 0) is 4.79 Å². The van der Waals surface area contributed by atoms with Crippen molar-refractivity contribution in [3.63, 3.8) is 0 Å². The molecule has 0 saturated carbocycles. The highest BCUT2D eigenvalue weighted by atomic mass is 16.5. The highest BCUT2D eigenvalue weighted by Gasteiger charge is 2.22. The Morgan fingerprint density at radius 2 is 1.96 bits per heavy atom. The number of carbonyl (C=O) groups excluding carboxylic acids is 1. The Balaban J connectivity index is 1.38. The number of ether oxygens (including phenoxy) is 1. The van der Waals surface area contributed by atoms with Crippen LogP contribution in [0.4, 0.5) is 5.82 Å². The van der Waals surface area contributed by atoms with Crippen molar-refractivity contribution in [2.45, 2.75) is 6.42 Å². The van der Waals surface area contributed by atoms with Crippen LogP contribution < -0.4 is 9.64 Å². The number of nitrogens with one attached hydrogen (secondary N) is 1. The molecule has 1 aromatic carbocycles. The molecular weight excluding hydrogens is 332 g/mol. The number of hydrogen-bond donors (Lipinski definition) is 1. The molecule has 8 nitrogen and oxygen atoms in total. The smallest absolute Gasteiger partial charge is 0.260 e. The van der Waals surface area contributed by atoms with E-state index in [9.17, 15) is 4.79 Å². The predicted octanol–water partition coefficient (Wildman–Crippen LogP) is 1.47. The maximum atomic E-state index is 12.5. The molecule has 0 bridgehead atoms. The van der Waals surface area contributed by atoms with Gasteiger partial charge in [-0.15, -0.1) is 0 Å². The minimum absolute atomic E-state index is 0.00470. The zero-order valence-electron chi connectivity index (χ0n) is 14.3. The number of para-hydroxylation sites is 1. The number of amides is 1. The van der Waals surface area contributed by atoms with E-state index in [1.54, 1.807) is 6.33 Å². The molecule has 1 aliphatic rings. The molecule has 0 radical (unpaired) electrons. The predicted molar refractivity (Wildman–Crippen MR) is 97.0 cm³/mol. The number of aromatic amines is 1. The zero-order chi connectivity index (χ0) is 17.8. The molecule has 8 heteroatoms. The Morgan fingerprint density at radius 3 is 2.85 bits per heavy atom. The third-order valence-electron chi connectivity index (χ3n) is 4.46. The molecule has 1 saturated heterocycles. The second-order valence-corrected chi connectivity index (χ2v) is 6.12. The fraction of sp³-hybridized carbons (Fsp3) is 0.333. The molecule has 0 spiro atoms.